The molecule has 0 spiro atoms. The largest absolute Gasteiger partial charge is 0.413 e. The Labute approximate surface area is 156 Å². The van der Waals surface area contributed by atoms with Crippen molar-refractivity contribution in [2.75, 3.05) is 11.6 Å². The number of rotatable bonds is 4. The van der Waals surface area contributed by atoms with Crippen molar-refractivity contribution in [3.63, 3.8) is 0 Å². The second kappa shape index (κ2) is 7.26. The van der Waals surface area contributed by atoms with E-state index in [1.807, 2.05) is 0 Å². The topological polar surface area (TPSA) is 56.7 Å². The minimum atomic E-state index is -4.76. The quantitative estimate of drug-likeness (QED) is 0.845. The summed E-state index contributed by atoms with van der Waals surface area (Å²) < 4.78 is 44.7. The van der Waals surface area contributed by atoms with Crippen LogP contribution in [0.25, 0.3) is 5.70 Å². The molecule has 1 amide bonds. The maximum atomic E-state index is 13.6. The highest BCUT2D eigenvalue weighted by Crippen LogP contribution is 2.37. The average Bonchev–Trinajstić information content (AvgIpc) is 3.09. The van der Waals surface area contributed by atoms with Crippen LogP contribution in [0.4, 0.5) is 18.9 Å². The van der Waals surface area contributed by atoms with Gasteiger partial charge in [0.05, 0.1) is 24.2 Å². The maximum Gasteiger partial charge on any atom is 0.413 e. The van der Waals surface area contributed by atoms with Gasteiger partial charge < -0.3 is 5.11 Å². The van der Waals surface area contributed by atoms with Gasteiger partial charge in [0.15, 0.2) is 6.04 Å². The third kappa shape index (κ3) is 3.55. The molecule has 1 aromatic carbocycles. The summed E-state index contributed by atoms with van der Waals surface area (Å²) in [4.78, 5) is 12.4. The van der Waals surface area contributed by atoms with E-state index in [4.69, 9.17) is 11.6 Å². The Balaban J connectivity index is 2.15. The number of anilines is 1. The van der Waals surface area contributed by atoms with Crippen molar-refractivity contribution in [1.29, 1.82) is 0 Å². The molecule has 2 aromatic rings. The van der Waals surface area contributed by atoms with Gasteiger partial charge in [-0.3, -0.25) is 9.80 Å². The third-order valence-corrected chi connectivity index (χ3v) is 4.64. The van der Waals surface area contributed by atoms with E-state index >= 15 is 0 Å². The fraction of sp³-hybridized carbons (Fsp3) is 0.250. The Hall–Kier alpha value is -2.10. The predicted molar refractivity (Wildman–Crippen MR) is 92.4 cm³/mol. The van der Waals surface area contributed by atoms with Crippen LogP contribution in [0.15, 0.2) is 41.9 Å². The number of aliphatic hydroxyl groups excluding tert-OH is 1. The molecular formula is C16H13ClF3N3O2S. The molecule has 1 aromatic heterocycles. The van der Waals surface area contributed by atoms with Gasteiger partial charge in [0, 0.05) is 16.8 Å². The molecule has 3 rings (SSSR count). The highest BCUT2D eigenvalue weighted by atomic mass is 35.5. The highest BCUT2D eigenvalue weighted by molar-refractivity contribution is 7.04. The molecule has 26 heavy (non-hydrogen) atoms. The van der Waals surface area contributed by atoms with Crippen LogP contribution in [-0.4, -0.2) is 39.2 Å². The first kappa shape index (κ1) is 18.7. The minimum absolute atomic E-state index is 0.0830. The van der Waals surface area contributed by atoms with Crippen LogP contribution in [0.1, 0.15) is 12.0 Å². The lowest BCUT2D eigenvalue weighted by atomic mass is 10.1. The van der Waals surface area contributed by atoms with Crippen LogP contribution in [-0.2, 0) is 4.79 Å². The van der Waals surface area contributed by atoms with Gasteiger partial charge in [-0.15, -0.1) is 0 Å². The SMILES string of the molecule is O=C1CC=C(c2ccc(Cl)cc2)N([C@H](CO)C(F)(F)F)N1c1cnsc1. The first-order valence-corrected chi connectivity index (χ1v) is 8.69. The van der Waals surface area contributed by atoms with Gasteiger partial charge in [-0.25, -0.2) is 5.01 Å². The number of hydrazine groups is 1. The third-order valence-electron chi connectivity index (χ3n) is 3.82. The zero-order valence-electron chi connectivity index (χ0n) is 13.2. The van der Waals surface area contributed by atoms with Gasteiger partial charge in [-0.2, -0.15) is 17.5 Å². The second-order valence-electron chi connectivity index (χ2n) is 5.47. The summed E-state index contributed by atoms with van der Waals surface area (Å²) >= 11 is 6.87. The van der Waals surface area contributed by atoms with E-state index in [2.05, 4.69) is 4.37 Å². The first-order valence-electron chi connectivity index (χ1n) is 7.48. The fourth-order valence-electron chi connectivity index (χ4n) is 2.66. The van der Waals surface area contributed by atoms with Crippen molar-refractivity contribution < 1.29 is 23.1 Å². The van der Waals surface area contributed by atoms with Gasteiger partial charge in [0.2, 0.25) is 5.91 Å². The number of benzene rings is 1. The fourth-order valence-corrected chi connectivity index (χ4v) is 3.29. The van der Waals surface area contributed by atoms with Crippen LogP contribution in [0.5, 0.6) is 0 Å². The lowest BCUT2D eigenvalue weighted by molar-refractivity contribution is -0.186. The summed E-state index contributed by atoms with van der Waals surface area (Å²) in [5.74, 6) is -0.550. The number of carbonyl (C=O) groups excluding carboxylic acids is 1. The van der Waals surface area contributed by atoms with Crippen molar-refractivity contribution in [1.82, 2.24) is 9.38 Å². The zero-order valence-corrected chi connectivity index (χ0v) is 14.7. The monoisotopic (exact) mass is 403 g/mol. The molecule has 0 bridgehead atoms. The molecular weight excluding hydrogens is 391 g/mol. The second-order valence-corrected chi connectivity index (χ2v) is 6.57. The van der Waals surface area contributed by atoms with Gasteiger partial charge >= 0.3 is 6.18 Å². The Morgan fingerprint density at radius 2 is 2.00 bits per heavy atom. The number of hydrogen-bond acceptors (Lipinski definition) is 5. The van der Waals surface area contributed by atoms with E-state index in [0.29, 0.717) is 10.6 Å². The van der Waals surface area contributed by atoms with Gasteiger partial charge in [-0.05, 0) is 35.3 Å². The lowest BCUT2D eigenvalue weighted by Crippen LogP contribution is -2.58. The van der Waals surface area contributed by atoms with Crippen molar-refractivity contribution in [3.05, 3.63) is 52.5 Å². The van der Waals surface area contributed by atoms with Gasteiger partial charge in [0.1, 0.15) is 0 Å². The van der Waals surface area contributed by atoms with Crippen LogP contribution in [0, 0.1) is 0 Å². The van der Waals surface area contributed by atoms with E-state index in [-0.39, 0.29) is 17.8 Å². The van der Waals surface area contributed by atoms with Gasteiger partial charge in [0.25, 0.3) is 0 Å². The van der Waals surface area contributed by atoms with E-state index in [0.717, 1.165) is 21.6 Å². The van der Waals surface area contributed by atoms with Crippen LogP contribution in [0.2, 0.25) is 5.02 Å². The van der Waals surface area contributed by atoms with E-state index in [1.165, 1.54) is 17.7 Å². The summed E-state index contributed by atoms with van der Waals surface area (Å²) in [7, 11) is 0. The smallest absolute Gasteiger partial charge is 0.394 e. The number of nitrogens with zero attached hydrogens (tertiary/aromatic N) is 3. The van der Waals surface area contributed by atoms with Crippen molar-refractivity contribution in [2.24, 2.45) is 0 Å². The molecule has 2 heterocycles. The summed E-state index contributed by atoms with van der Waals surface area (Å²) in [6.07, 6.45) is -2.12. The number of aromatic nitrogens is 1. The van der Waals surface area contributed by atoms with Gasteiger partial charge in [-0.1, -0.05) is 23.7 Å². The molecule has 1 aliphatic heterocycles. The summed E-state index contributed by atoms with van der Waals surface area (Å²) in [6, 6.07) is 3.92. The number of aliphatic hydroxyl groups is 1. The Morgan fingerprint density at radius 3 is 2.54 bits per heavy atom. The summed E-state index contributed by atoms with van der Waals surface area (Å²) in [5.41, 5.74) is 0.809. The summed E-state index contributed by atoms with van der Waals surface area (Å²) in [5, 5.41) is 13.1. The van der Waals surface area contributed by atoms with Crippen molar-refractivity contribution in [3.8, 4) is 0 Å². The lowest BCUT2D eigenvalue weighted by Gasteiger charge is -2.44. The molecule has 1 atom stereocenters. The van der Waals surface area contributed by atoms with E-state index in [1.54, 1.807) is 24.3 Å². The molecule has 1 N–H and O–H groups in total. The van der Waals surface area contributed by atoms with Crippen molar-refractivity contribution in [2.45, 2.75) is 18.6 Å². The number of carbonyl (C=O) groups is 1. The molecule has 0 saturated heterocycles. The van der Waals surface area contributed by atoms with Crippen LogP contribution < -0.4 is 5.01 Å². The molecule has 0 radical (unpaired) electrons. The predicted octanol–water partition coefficient (Wildman–Crippen LogP) is 3.71. The molecule has 138 valence electrons. The number of hydrogen-bond donors (Lipinski definition) is 1. The summed E-state index contributed by atoms with van der Waals surface area (Å²) in [6.45, 7) is -1.21. The van der Waals surface area contributed by atoms with E-state index in [9.17, 15) is 23.1 Å². The Kier molecular flexibility index (Phi) is 5.22. The average molecular weight is 404 g/mol. The first-order chi connectivity index (χ1) is 12.3. The maximum absolute atomic E-state index is 13.6. The standard InChI is InChI=1S/C16H13ClF3N3O2S/c17-11-3-1-10(2-4-11)13-5-6-15(25)22(12-7-21-26-9-12)23(13)14(8-24)16(18,19)20/h1-5,7,9,14,24H,6,8H2/t14-/m1/s1. The highest BCUT2D eigenvalue weighted by Gasteiger charge is 2.48. The molecule has 0 saturated carbocycles. The normalized spacial score (nSPS) is 16.7. The van der Waals surface area contributed by atoms with Crippen LogP contribution in [0.3, 0.4) is 0 Å². The zero-order chi connectivity index (χ0) is 18.9. The molecule has 0 unspecified atom stereocenters. The molecule has 1 aliphatic rings. The Morgan fingerprint density at radius 1 is 1.31 bits per heavy atom. The number of halogens is 4. The number of alkyl halides is 3. The molecule has 0 aliphatic carbocycles. The molecule has 0 fully saturated rings. The van der Waals surface area contributed by atoms with Crippen molar-refractivity contribution >= 4 is 40.4 Å². The van der Waals surface area contributed by atoms with E-state index < -0.39 is 24.7 Å². The minimum Gasteiger partial charge on any atom is -0.394 e. The Bertz CT molecular complexity index is 809. The molecule has 10 heteroatoms. The number of amides is 1. The van der Waals surface area contributed by atoms with Crippen LogP contribution >= 0.6 is 23.1 Å². The molecule has 5 nitrogen and oxygen atoms in total.